The van der Waals surface area contributed by atoms with Crippen LogP contribution in [-0.4, -0.2) is 23.4 Å². The fraction of sp³-hybridized carbons (Fsp3) is 0.389. The third-order valence-electron chi connectivity index (χ3n) is 4.86. The number of hydrogen-bond acceptors (Lipinski definition) is 2. The van der Waals surface area contributed by atoms with Crippen LogP contribution in [0.2, 0.25) is 0 Å². The molecule has 9 heteroatoms. The number of carbonyl (C=O) groups excluding carboxylic acids is 1. The normalized spacial score (nSPS) is 16.3. The Kier molecular flexibility index (Phi) is 4.62. The number of aliphatic hydroxyl groups is 1. The SMILES string of the molecule is O=C(Nc1c(C(O)(C(F)(F)F)C(F)(F)F)ccc2ccccc12)C1CCC1. The largest absolute Gasteiger partial charge is 0.430 e. The number of benzene rings is 2. The maximum Gasteiger partial charge on any atom is 0.430 e. The van der Waals surface area contributed by atoms with E-state index in [1.54, 1.807) is 6.07 Å². The number of hydrogen-bond donors (Lipinski definition) is 2. The number of alkyl halides is 6. The van der Waals surface area contributed by atoms with Crippen molar-refractivity contribution in [1.82, 2.24) is 0 Å². The molecule has 3 rings (SSSR count). The Morgan fingerprint density at radius 3 is 2.07 bits per heavy atom. The van der Waals surface area contributed by atoms with Gasteiger partial charge in [-0.05, 0) is 18.2 Å². The van der Waals surface area contributed by atoms with Gasteiger partial charge >= 0.3 is 12.4 Å². The van der Waals surface area contributed by atoms with E-state index in [1.165, 1.54) is 18.2 Å². The van der Waals surface area contributed by atoms with Crippen molar-refractivity contribution in [3.63, 3.8) is 0 Å². The summed E-state index contributed by atoms with van der Waals surface area (Å²) >= 11 is 0. The molecule has 2 aromatic carbocycles. The van der Waals surface area contributed by atoms with E-state index in [0.717, 1.165) is 12.5 Å². The molecule has 0 aliphatic heterocycles. The Hall–Kier alpha value is -2.29. The van der Waals surface area contributed by atoms with Crippen LogP contribution >= 0.6 is 0 Å². The van der Waals surface area contributed by atoms with E-state index in [1.807, 2.05) is 0 Å². The van der Waals surface area contributed by atoms with Crippen molar-refractivity contribution in [3.05, 3.63) is 42.0 Å². The molecule has 2 aromatic rings. The van der Waals surface area contributed by atoms with Gasteiger partial charge < -0.3 is 10.4 Å². The summed E-state index contributed by atoms with van der Waals surface area (Å²) in [5.74, 6) is -1.13. The summed E-state index contributed by atoms with van der Waals surface area (Å²) < 4.78 is 80.1. The van der Waals surface area contributed by atoms with Gasteiger partial charge in [-0.3, -0.25) is 4.79 Å². The zero-order chi connectivity index (χ0) is 20.0. The molecule has 0 spiro atoms. The molecule has 1 amide bonds. The summed E-state index contributed by atoms with van der Waals surface area (Å²) in [5.41, 5.74) is -7.25. The van der Waals surface area contributed by atoms with Gasteiger partial charge in [-0.25, -0.2) is 0 Å². The highest BCUT2D eigenvalue weighted by Gasteiger charge is 2.72. The maximum absolute atomic E-state index is 13.4. The van der Waals surface area contributed by atoms with Crippen LogP contribution < -0.4 is 5.32 Å². The smallest absolute Gasteiger partial charge is 0.369 e. The van der Waals surface area contributed by atoms with E-state index in [2.05, 4.69) is 5.32 Å². The molecular weight excluding hydrogens is 376 g/mol. The fourth-order valence-corrected chi connectivity index (χ4v) is 3.07. The number of rotatable bonds is 3. The van der Waals surface area contributed by atoms with Crippen molar-refractivity contribution >= 4 is 22.4 Å². The Labute approximate surface area is 150 Å². The van der Waals surface area contributed by atoms with Crippen LogP contribution in [0.1, 0.15) is 24.8 Å². The third kappa shape index (κ3) is 3.13. The van der Waals surface area contributed by atoms with Gasteiger partial charge in [0.2, 0.25) is 5.91 Å². The summed E-state index contributed by atoms with van der Waals surface area (Å²) in [5, 5.41) is 12.3. The Morgan fingerprint density at radius 1 is 0.963 bits per heavy atom. The zero-order valence-electron chi connectivity index (χ0n) is 13.8. The topological polar surface area (TPSA) is 49.3 Å². The van der Waals surface area contributed by atoms with E-state index in [9.17, 15) is 36.2 Å². The molecule has 27 heavy (non-hydrogen) atoms. The molecule has 3 nitrogen and oxygen atoms in total. The number of carbonyl (C=O) groups is 1. The van der Waals surface area contributed by atoms with E-state index >= 15 is 0 Å². The monoisotopic (exact) mass is 391 g/mol. The maximum atomic E-state index is 13.4. The first-order valence-electron chi connectivity index (χ1n) is 8.15. The Balaban J connectivity index is 2.25. The molecule has 1 aliphatic rings. The second kappa shape index (κ2) is 6.40. The lowest BCUT2D eigenvalue weighted by Crippen LogP contribution is -2.54. The van der Waals surface area contributed by atoms with Crippen LogP contribution in [0.5, 0.6) is 0 Å². The van der Waals surface area contributed by atoms with Gasteiger partial charge in [-0.15, -0.1) is 0 Å². The molecule has 1 aliphatic carbocycles. The summed E-state index contributed by atoms with van der Waals surface area (Å²) in [6, 6.07) is 7.36. The van der Waals surface area contributed by atoms with Crippen LogP contribution in [0.4, 0.5) is 32.0 Å². The first-order chi connectivity index (χ1) is 12.5. The lowest BCUT2D eigenvalue weighted by Gasteiger charge is -2.35. The van der Waals surface area contributed by atoms with Gasteiger partial charge in [-0.2, -0.15) is 26.3 Å². The number of nitrogens with one attached hydrogen (secondary N) is 1. The lowest BCUT2D eigenvalue weighted by atomic mass is 9.84. The molecule has 0 aromatic heterocycles. The molecule has 0 unspecified atom stereocenters. The first kappa shape index (κ1) is 19.5. The molecular formula is C18H15F6NO2. The van der Waals surface area contributed by atoms with Crippen LogP contribution in [0.25, 0.3) is 10.8 Å². The predicted octanol–water partition coefficient (Wildman–Crippen LogP) is 4.89. The minimum Gasteiger partial charge on any atom is -0.369 e. The molecule has 146 valence electrons. The second-order valence-corrected chi connectivity index (χ2v) is 6.53. The average Bonchev–Trinajstić information content (AvgIpc) is 2.50. The van der Waals surface area contributed by atoms with Crippen molar-refractivity contribution in [2.45, 2.75) is 37.2 Å². The van der Waals surface area contributed by atoms with Crippen molar-refractivity contribution in [2.75, 3.05) is 5.32 Å². The lowest BCUT2D eigenvalue weighted by molar-refractivity contribution is -0.375. The fourth-order valence-electron chi connectivity index (χ4n) is 3.07. The minimum absolute atomic E-state index is 0.0189. The predicted molar refractivity (Wildman–Crippen MR) is 85.9 cm³/mol. The number of anilines is 1. The van der Waals surface area contributed by atoms with Crippen LogP contribution in [0.15, 0.2) is 36.4 Å². The number of fused-ring (bicyclic) bond motifs is 1. The van der Waals surface area contributed by atoms with Gasteiger partial charge in [0, 0.05) is 16.9 Å². The molecule has 0 bridgehead atoms. The average molecular weight is 391 g/mol. The highest BCUT2D eigenvalue weighted by atomic mass is 19.4. The van der Waals surface area contributed by atoms with Gasteiger partial charge in [0.1, 0.15) is 0 Å². The number of amides is 1. The van der Waals surface area contributed by atoms with Gasteiger partial charge in [0.05, 0.1) is 5.69 Å². The highest BCUT2D eigenvalue weighted by molar-refractivity contribution is 6.04. The van der Waals surface area contributed by atoms with E-state index in [-0.39, 0.29) is 5.39 Å². The molecule has 0 atom stereocenters. The van der Waals surface area contributed by atoms with Crippen molar-refractivity contribution in [2.24, 2.45) is 5.92 Å². The van der Waals surface area contributed by atoms with Gasteiger partial charge in [0.15, 0.2) is 0 Å². The second-order valence-electron chi connectivity index (χ2n) is 6.53. The highest BCUT2D eigenvalue weighted by Crippen LogP contribution is 2.53. The molecule has 1 saturated carbocycles. The summed E-state index contributed by atoms with van der Waals surface area (Å²) in [6.07, 6.45) is -10.3. The minimum atomic E-state index is -6.04. The van der Waals surface area contributed by atoms with Crippen molar-refractivity contribution < 1.29 is 36.2 Å². The molecule has 0 saturated heterocycles. The van der Waals surface area contributed by atoms with Crippen molar-refractivity contribution in [3.8, 4) is 0 Å². The van der Waals surface area contributed by atoms with E-state index in [4.69, 9.17) is 0 Å². The Morgan fingerprint density at radius 2 is 1.56 bits per heavy atom. The number of halogens is 6. The first-order valence-corrected chi connectivity index (χ1v) is 8.15. The standard InChI is InChI=1S/C18H15F6NO2/c19-17(20,21)16(27,18(22,23)24)13-9-8-10-4-1-2-7-12(10)14(13)25-15(26)11-5-3-6-11/h1-2,4,7-9,11,27H,3,5-6H2,(H,25,26). The van der Waals surface area contributed by atoms with Crippen LogP contribution in [-0.2, 0) is 10.4 Å². The third-order valence-corrected chi connectivity index (χ3v) is 4.86. The molecule has 2 N–H and O–H groups in total. The Bertz CT molecular complexity index is 856. The quantitative estimate of drug-likeness (QED) is 0.732. The summed E-state index contributed by atoms with van der Waals surface area (Å²) in [4.78, 5) is 12.3. The van der Waals surface area contributed by atoms with Gasteiger partial charge in [-0.1, -0.05) is 42.8 Å². The van der Waals surface area contributed by atoms with Gasteiger partial charge in [0.25, 0.3) is 5.60 Å². The van der Waals surface area contributed by atoms with E-state index < -0.39 is 41.0 Å². The molecule has 0 heterocycles. The van der Waals surface area contributed by atoms with Crippen LogP contribution in [0.3, 0.4) is 0 Å². The molecule has 1 fully saturated rings. The summed E-state index contributed by atoms with van der Waals surface area (Å²) in [6.45, 7) is 0. The van der Waals surface area contributed by atoms with Crippen LogP contribution in [0, 0.1) is 5.92 Å². The van der Waals surface area contributed by atoms with Crippen molar-refractivity contribution in [1.29, 1.82) is 0 Å². The van der Waals surface area contributed by atoms with E-state index in [0.29, 0.717) is 24.3 Å². The molecule has 0 radical (unpaired) electrons. The summed E-state index contributed by atoms with van der Waals surface area (Å²) in [7, 11) is 0. The zero-order valence-corrected chi connectivity index (χ0v) is 13.8.